The van der Waals surface area contributed by atoms with Gasteiger partial charge in [0.2, 0.25) is 47.3 Å². The Morgan fingerprint density at radius 2 is 1.29 bits per heavy atom. The second-order valence-electron chi connectivity index (χ2n) is 18.1. The number of rotatable bonds is 19. The van der Waals surface area contributed by atoms with Crippen LogP contribution in [0.4, 0.5) is 0 Å². The molecule has 24 heteroatoms. The highest BCUT2D eigenvalue weighted by molar-refractivity contribution is 8.76. The lowest BCUT2D eigenvalue weighted by atomic mass is 10.0. The quantitative estimate of drug-likeness (QED) is 0.0369. The van der Waals surface area contributed by atoms with Crippen LogP contribution in [0.15, 0.2) is 91.1 Å². The van der Waals surface area contributed by atoms with Crippen molar-refractivity contribution in [3.8, 4) is 0 Å². The van der Waals surface area contributed by atoms with Gasteiger partial charge in [0, 0.05) is 47.9 Å². The number of aliphatic hydroxyl groups is 4. The third-order valence-corrected chi connectivity index (χ3v) is 14.7. The van der Waals surface area contributed by atoms with Crippen LogP contribution in [0, 0.1) is 0 Å². The van der Waals surface area contributed by atoms with Crippen molar-refractivity contribution >= 4 is 79.7 Å². The van der Waals surface area contributed by atoms with Gasteiger partial charge in [-0.05, 0) is 62.4 Å². The summed E-state index contributed by atoms with van der Waals surface area (Å²) in [6.07, 6.45) is -0.604. The van der Waals surface area contributed by atoms with Crippen LogP contribution in [-0.2, 0) is 57.6 Å². The number of H-pyrrole nitrogens is 1. The molecule has 1 aromatic heterocycles. The minimum atomic E-state index is -1.70. The number of aromatic amines is 1. The highest BCUT2D eigenvalue weighted by Gasteiger charge is 2.37. The third-order valence-electron chi connectivity index (χ3n) is 12.3. The molecular formula is C51H68N10O12S2. The molecule has 0 aliphatic carbocycles. The number of hydrogen-bond donors (Lipinski definition) is 14. The Balaban J connectivity index is 1.60. The summed E-state index contributed by atoms with van der Waals surface area (Å²) in [6, 6.07) is 13.4. The zero-order valence-electron chi connectivity index (χ0n) is 41.7. The zero-order valence-corrected chi connectivity index (χ0v) is 43.3. The topological polar surface area (TPSA) is 356 Å². The van der Waals surface area contributed by atoms with E-state index in [1.807, 2.05) is 18.2 Å². The van der Waals surface area contributed by atoms with Gasteiger partial charge in [0.1, 0.15) is 48.9 Å². The van der Waals surface area contributed by atoms with Gasteiger partial charge in [-0.3, -0.25) is 38.4 Å². The van der Waals surface area contributed by atoms with Gasteiger partial charge in [0.15, 0.2) is 0 Å². The molecule has 15 N–H and O–H groups in total. The summed E-state index contributed by atoms with van der Waals surface area (Å²) in [5.41, 5.74) is 8.40. The Labute approximate surface area is 442 Å². The van der Waals surface area contributed by atoms with Crippen LogP contribution in [-0.4, -0.2) is 164 Å². The number of nitrogens with one attached hydrogen (secondary N) is 9. The van der Waals surface area contributed by atoms with Gasteiger partial charge in [-0.2, -0.15) is 0 Å². The number of fused-ring (bicyclic) bond motifs is 1. The van der Waals surface area contributed by atoms with Crippen molar-refractivity contribution in [2.24, 2.45) is 5.73 Å². The van der Waals surface area contributed by atoms with Gasteiger partial charge in [0.25, 0.3) is 0 Å². The largest absolute Gasteiger partial charge is 0.394 e. The molecule has 75 heavy (non-hydrogen) atoms. The van der Waals surface area contributed by atoms with E-state index in [1.165, 1.54) is 13.8 Å². The first kappa shape index (κ1) is 59.3. The number of benzene rings is 3. The van der Waals surface area contributed by atoms with Crippen LogP contribution < -0.4 is 48.3 Å². The maximum absolute atomic E-state index is 14.8. The summed E-state index contributed by atoms with van der Waals surface area (Å²) in [5, 5.41) is 62.5. The Kier molecular flexibility index (Phi) is 23.8. The molecule has 22 nitrogen and oxygen atoms in total. The Bertz CT molecular complexity index is 2540. The van der Waals surface area contributed by atoms with Crippen LogP contribution in [0.3, 0.4) is 0 Å². The molecule has 4 aromatic rings. The summed E-state index contributed by atoms with van der Waals surface area (Å²) in [7, 11) is 1.93. The maximum Gasteiger partial charge on any atom is 0.246 e. The van der Waals surface area contributed by atoms with Gasteiger partial charge in [-0.25, -0.2) is 0 Å². The van der Waals surface area contributed by atoms with Crippen molar-refractivity contribution in [3.05, 3.63) is 108 Å². The Morgan fingerprint density at radius 1 is 0.693 bits per heavy atom. The number of aromatic nitrogens is 1. The monoisotopic (exact) mass is 1080 g/mol. The van der Waals surface area contributed by atoms with E-state index in [9.17, 15) is 58.8 Å². The summed E-state index contributed by atoms with van der Waals surface area (Å²) < 4.78 is 0. The first-order valence-electron chi connectivity index (χ1n) is 24.6. The van der Waals surface area contributed by atoms with Gasteiger partial charge >= 0.3 is 0 Å². The summed E-state index contributed by atoms with van der Waals surface area (Å²) in [4.78, 5) is 116. The van der Waals surface area contributed by atoms with Gasteiger partial charge in [0.05, 0.1) is 24.9 Å². The molecule has 0 bridgehead atoms. The average Bonchev–Trinajstić information content (AvgIpc) is 3.81. The fourth-order valence-electron chi connectivity index (χ4n) is 8.06. The maximum atomic E-state index is 14.8. The lowest BCUT2D eigenvalue weighted by Crippen LogP contribution is -2.62. The van der Waals surface area contributed by atoms with Gasteiger partial charge in [-0.15, -0.1) is 0 Å². The van der Waals surface area contributed by atoms with Crippen molar-refractivity contribution in [3.63, 3.8) is 0 Å². The molecule has 3 aromatic carbocycles. The minimum Gasteiger partial charge on any atom is -0.394 e. The molecule has 0 radical (unpaired) electrons. The minimum absolute atomic E-state index is 0.00709. The van der Waals surface area contributed by atoms with Crippen molar-refractivity contribution in [2.45, 2.75) is 113 Å². The number of para-hydroxylation sites is 1. The number of carbonyl (C=O) groups is 8. The number of nitrogens with two attached hydrogens (primary N) is 1. The SMILES string of the molecule is C[C@@H](O)[C@@H]1NC(=O)[C@H](CCCCN)NC(=O)[C@@H](Cc2c[nH]c3ccccc23)NC(=O)[C@H](Cc2ccccc2)NC(=O)[C@@H](NC(=O)[C@@H](Cc2ccccc2)NC(=O)CO)CSSC[C@@H](C(=O)N[C@H](CO)[C@@H](C)O)NC1=O. The number of aliphatic hydroxyl groups excluding tert-OH is 4. The van der Waals surface area contributed by atoms with Crippen molar-refractivity contribution < 1.29 is 58.8 Å². The Morgan fingerprint density at radius 3 is 1.93 bits per heavy atom. The molecule has 10 atom stereocenters. The van der Waals surface area contributed by atoms with E-state index in [4.69, 9.17) is 5.73 Å². The number of carbonyl (C=O) groups excluding carboxylic acids is 8. The van der Waals surface area contributed by atoms with Crippen LogP contribution >= 0.6 is 21.6 Å². The van der Waals surface area contributed by atoms with E-state index in [2.05, 4.69) is 47.5 Å². The summed E-state index contributed by atoms with van der Waals surface area (Å²) in [6.45, 7) is 1.20. The zero-order chi connectivity index (χ0) is 54.4. The van der Waals surface area contributed by atoms with Crippen LogP contribution in [0.2, 0.25) is 0 Å². The van der Waals surface area contributed by atoms with E-state index < -0.39 is 121 Å². The normalized spacial score (nSPS) is 22.1. The first-order valence-corrected chi connectivity index (χ1v) is 27.1. The molecule has 1 saturated heterocycles. The first-order chi connectivity index (χ1) is 36.0. The van der Waals surface area contributed by atoms with E-state index in [1.54, 1.807) is 72.9 Å². The van der Waals surface area contributed by atoms with Crippen molar-refractivity contribution in [1.29, 1.82) is 0 Å². The van der Waals surface area contributed by atoms with E-state index in [-0.39, 0.29) is 43.7 Å². The lowest BCUT2D eigenvalue weighted by Gasteiger charge is -2.29. The average molecular weight is 1080 g/mol. The standard InChI is InChI=1S/C51H68N10O12S2/c1-29(64)40(25-62)58-50(72)42-28-75-74-27-41(59-46(68)37(54-43(66)26-63)21-31-13-5-3-6-14-31)49(71)56-38(22-32-15-7-4-8-16-32)47(69)57-39(23-33-24-53-35-18-10-9-17-34(33)35)48(70)55-36(19-11-12-20-52)45(67)61-44(30(2)65)51(73)60-42/h3-10,13-18,24,29-30,36-42,44,53,62-65H,11-12,19-23,25-28,52H2,1-2H3,(H,54,66)(H,55,70)(H,56,71)(H,57,69)(H,58,72)(H,59,68)(H,60,73)(H,61,67)/t29-,30-,36+,37-,38+,39-,40-,41+,42+,44+/m1/s1. The lowest BCUT2D eigenvalue weighted by molar-refractivity contribution is -0.136. The van der Waals surface area contributed by atoms with Gasteiger partial charge in [-0.1, -0.05) is 100 Å². The molecule has 5 rings (SSSR count). The smallest absolute Gasteiger partial charge is 0.246 e. The summed E-state index contributed by atoms with van der Waals surface area (Å²) >= 11 is 0. The second kappa shape index (κ2) is 30.1. The number of amides is 8. The predicted molar refractivity (Wildman–Crippen MR) is 283 cm³/mol. The molecule has 1 aliphatic heterocycles. The predicted octanol–water partition coefficient (Wildman–Crippen LogP) is -1.66. The molecule has 0 saturated carbocycles. The molecule has 1 aliphatic rings. The van der Waals surface area contributed by atoms with Crippen LogP contribution in [0.25, 0.3) is 10.9 Å². The highest BCUT2D eigenvalue weighted by atomic mass is 33.1. The molecule has 8 amide bonds. The fraction of sp³-hybridized carbons (Fsp3) is 0.451. The molecular weight excluding hydrogens is 1010 g/mol. The summed E-state index contributed by atoms with van der Waals surface area (Å²) in [5.74, 6) is -7.48. The van der Waals surface area contributed by atoms with Crippen molar-refractivity contribution in [1.82, 2.24) is 47.5 Å². The van der Waals surface area contributed by atoms with Gasteiger partial charge < -0.3 is 73.7 Å². The molecule has 1 fully saturated rings. The highest BCUT2D eigenvalue weighted by Crippen LogP contribution is 2.24. The molecule has 0 unspecified atom stereocenters. The van der Waals surface area contributed by atoms with Crippen LogP contribution in [0.5, 0.6) is 0 Å². The van der Waals surface area contributed by atoms with E-state index >= 15 is 0 Å². The Hall–Kier alpha value is -6.54. The fourth-order valence-corrected chi connectivity index (χ4v) is 10.4. The second-order valence-corrected chi connectivity index (χ2v) is 20.7. The van der Waals surface area contributed by atoms with Crippen molar-refractivity contribution in [2.75, 3.05) is 31.3 Å². The molecule has 0 spiro atoms. The third kappa shape index (κ3) is 18.4. The number of hydrogen-bond acceptors (Lipinski definition) is 15. The van der Waals surface area contributed by atoms with E-state index in [0.29, 0.717) is 29.5 Å². The molecule has 2 heterocycles. The van der Waals surface area contributed by atoms with E-state index in [0.717, 1.165) is 32.5 Å². The number of unbranched alkanes of at least 4 members (excludes halogenated alkanes) is 1. The van der Waals surface area contributed by atoms with Crippen LogP contribution in [0.1, 0.15) is 49.8 Å². The molecule has 406 valence electrons.